The molecule has 122 valence electrons. The van der Waals surface area contributed by atoms with Crippen LogP contribution in [0.25, 0.3) is 22.3 Å². The molecule has 5 heteroatoms. The van der Waals surface area contributed by atoms with Crippen LogP contribution in [-0.4, -0.2) is 15.0 Å². The van der Waals surface area contributed by atoms with E-state index in [2.05, 4.69) is 15.0 Å². The summed E-state index contributed by atoms with van der Waals surface area (Å²) in [4.78, 5) is 13.1. The van der Waals surface area contributed by atoms with Gasteiger partial charge in [0, 0.05) is 11.8 Å². The molecule has 0 bridgehead atoms. The van der Waals surface area contributed by atoms with Crippen LogP contribution in [0.1, 0.15) is 5.56 Å². The minimum absolute atomic E-state index is 0.430. The van der Waals surface area contributed by atoms with E-state index in [-0.39, 0.29) is 0 Å². The zero-order valence-electron chi connectivity index (χ0n) is 13.5. The highest BCUT2D eigenvalue weighted by molar-refractivity contribution is 5.77. The second-order valence-electron chi connectivity index (χ2n) is 5.65. The Bertz CT molecular complexity index is 1030. The molecule has 0 aliphatic rings. The fraction of sp³-hybridized carbons (Fsp3) is 0.0500. The van der Waals surface area contributed by atoms with Crippen LogP contribution in [0.2, 0.25) is 0 Å². The van der Waals surface area contributed by atoms with Gasteiger partial charge in [-0.1, -0.05) is 24.3 Å². The molecule has 0 spiro atoms. The lowest BCUT2D eigenvalue weighted by Gasteiger charge is -2.09. The second kappa shape index (κ2) is 6.57. The third-order valence-corrected chi connectivity index (χ3v) is 3.83. The average Bonchev–Trinajstić information content (AvgIpc) is 2.66. The molecule has 0 aliphatic heterocycles. The highest BCUT2D eigenvalue weighted by Crippen LogP contribution is 2.24. The first-order chi connectivity index (χ1) is 12.3. The number of hydrogen-bond donors (Lipinski definition) is 1. The van der Waals surface area contributed by atoms with Crippen LogP contribution in [-0.2, 0) is 6.61 Å². The van der Waals surface area contributed by atoms with Crippen LogP contribution < -0.4 is 10.5 Å². The van der Waals surface area contributed by atoms with E-state index >= 15 is 0 Å². The monoisotopic (exact) mass is 328 g/mol. The molecule has 4 aromatic rings. The predicted molar refractivity (Wildman–Crippen MR) is 98.0 cm³/mol. The standard InChI is InChI=1S/C20H16N4O/c21-20-10-14(8-9-22-20)13-25-16-5-3-4-15(11-16)19-12-23-17-6-1-2-7-18(17)24-19/h1-12H,13H2,(H2,21,22). The van der Waals surface area contributed by atoms with Crippen LogP contribution in [0.4, 0.5) is 5.82 Å². The molecule has 2 aromatic carbocycles. The van der Waals surface area contributed by atoms with E-state index in [0.717, 1.165) is 33.6 Å². The Morgan fingerprint density at radius 1 is 0.880 bits per heavy atom. The third kappa shape index (κ3) is 3.40. The van der Waals surface area contributed by atoms with Gasteiger partial charge in [0.05, 0.1) is 22.9 Å². The molecule has 0 saturated carbocycles. The summed E-state index contributed by atoms with van der Waals surface area (Å²) in [7, 11) is 0. The Labute approximate surface area is 145 Å². The number of para-hydroxylation sites is 2. The number of hydrogen-bond acceptors (Lipinski definition) is 5. The van der Waals surface area contributed by atoms with E-state index in [0.29, 0.717) is 12.4 Å². The lowest BCUT2D eigenvalue weighted by atomic mass is 10.1. The fourth-order valence-electron chi connectivity index (χ4n) is 2.59. The Balaban J connectivity index is 1.57. The largest absolute Gasteiger partial charge is 0.489 e. The van der Waals surface area contributed by atoms with Crippen molar-refractivity contribution in [3.05, 3.63) is 78.6 Å². The van der Waals surface area contributed by atoms with Gasteiger partial charge in [-0.05, 0) is 42.0 Å². The van der Waals surface area contributed by atoms with Crippen LogP contribution in [0, 0.1) is 0 Å². The van der Waals surface area contributed by atoms with Crippen LogP contribution in [0.5, 0.6) is 5.75 Å². The second-order valence-corrected chi connectivity index (χ2v) is 5.65. The zero-order chi connectivity index (χ0) is 17.1. The van der Waals surface area contributed by atoms with Gasteiger partial charge in [-0.15, -0.1) is 0 Å². The van der Waals surface area contributed by atoms with Gasteiger partial charge < -0.3 is 10.5 Å². The van der Waals surface area contributed by atoms with Crippen molar-refractivity contribution in [1.82, 2.24) is 15.0 Å². The summed E-state index contributed by atoms with van der Waals surface area (Å²) in [6.07, 6.45) is 3.46. The number of benzene rings is 2. The Hall–Kier alpha value is -3.47. The third-order valence-electron chi connectivity index (χ3n) is 3.83. The molecular weight excluding hydrogens is 312 g/mol. The molecule has 0 unspecified atom stereocenters. The van der Waals surface area contributed by atoms with Crippen LogP contribution in [0.3, 0.4) is 0 Å². The molecular formula is C20H16N4O. The zero-order valence-corrected chi connectivity index (χ0v) is 13.5. The molecule has 2 aromatic heterocycles. The maximum atomic E-state index is 5.87. The van der Waals surface area contributed by atoms with Gasteiger partial charge in [-0.2, -0.15) is 0 Å². The molecule has 2 N–H and O–H groups in total. The van der Waals surface area contributed by atoms with Gasteiger partial charge in [0.1, 0.15) is 18.2 Å². The minimum Gasteiger partial charge on any atom is -0.489 e. The first-order valence-corrected chi connectivity index (χ1v) is 7.93. The predicted octanol–water partition coefficient (Wildman–Crippen LogP) is 3.85. The lowest BCUT2D eigenvalue weighted by molar-refractivity contribution is 0.306. The summed E-state index contributed by atoms with van der Waals surface area (Å²) < 4.78 is 5.87. The van der Waals surface area contributed by atoms with Crippen molar-refractivity contribution < 1.29 is 4.74 Å². The number of fused-ring (bicyclic) bond motifs is 1. The smallest absolute Gasteiger partial charge is 0.123 e. The van der Waals surface area contributed by atoms with Crippen LogP contribution in [0.15, 0.2) is 73.1 Å². The number of nitrogens with two attached hydrogens (primary N) is 1. The van der Waals surface area contributed by atoms with Gasteiger partial charge in [-0.3, -0.25) is 4.98 Å². The van der Waals surface area contributed by atoms with E-state index in [9.17, 15) is 0 Å². The maximum Gasteiger partial charge on any atom is 0.123 e. The number of nitrogen functional groups attached to an aromatic ring is 1. The van der Waals surface area contributed by atoms with Gasteiger partial charge >= 0.3 is 0 Å². The van der Waals surface area contributed by atoms with Crippen LogP contribution >= 0.6 is 0 Å². The molecule has 0 fully saturated rings. The summed E-state index contributed by atoms with van der Waals surface area (Å²) in [6.45, 7) is 0.430. The molecule has 0 radical (unpaired) electrons. The van der Waals surface area contributed by atoms with Crippen molar-refractivity contribution in [2.24, 2.45) is 0 Å². The van der Waals surface area contributed by atoms with Crippen molar-refractivity contribution in [2.45, 2.75) is 6.61 Å². The molecule has 2 heterocycles. The van der Waals surface area contributed by atoms with E-state index < -0.39 is 0 Å². The quantitative estimate of drug-likeness (QED) is 0.616. The molecule has 25 heavy (non-hydrogen) atoms. The highest BCUT2D eigenvalue weighted by Gasteiger charge is 2.05. The summed E-state index contributed by atoms with van der Waals surface area (Å²) in [5, 5.41) is 0. The van der Waals surface area contributed by atoms with Gasteiger partial charge in [0.25, 0.3) is 0 Å². The summed E-state index contributed by atoms with van der Waals surface area (Å²) >= 11 is 0. The van der Waals surface area contributed by atoms with Crippen molar-refractivity contribution in [1.29, 1.82) is 0 Å². The normalized spacial score (nSPS) is 10.7. The topological polar surface area (TPSA) is 73.9 Å². The van der Waals surface area contributed by atoms with Gasteiger partial charge in [0.2, 0.25) is 0 Å². The van der Waals surface area contributed by atoms with Crippen molar-refractivity contribution in [2.75, 3.05) is 5.73 Å². The molecule has 4 rings (SSSR count). The van der Waals surface area contributed by atoms with E-state index in [1.54, 1.807) is 18.5 Å². The van der Waals surface area contributed by atoms with E-state index in [1.165, 1.54) is 0 Å². The summed E-state index contributed by atoms with van der Waals surface area (Å²) in [5.41, 5.74) is 10.2. The average molecular weight is 328 g/mol. The van der Waals surface area contributed by atoms with Crippen molar-refractivity contribution in [3.8, 4) is 17.0 Å². The molecule has 0 saturated heterocycles. The molecule has 0 amide bonds. The summed E-state index contributed by atoms with van der Waals surface area (Å²) in [5.74, 6) is 1.25. The Morgan fingerprint density at radius 3 is 2.64 bits per heavy atom. The van der Waals surface area contributed by atoms with E-state index in [1.807, 2.05) is 54.6 Å². The molecule has 0 aliphatic carbocycles. The first-order valence-electron chi connectivity index (χ1n) is 7.93. The number of nitrogens with zero attached hydrogens (tertiary/aromatic N) is 3. The molecule has 0 atom stereocenters. The minimum atomic E-state index is 0.430. The van der Waals surface area contributed by atoms with Crippen molar-refractivity contribution >= 4 is 16.9 Å². The maximum absolute atomic E-state index is 5.87. The van der Waals surface area contributed by atoms with Gasteiger partial charge in [-0.25, -0.2) is 9.97 Å². The summed E-state index contributed by atoms with van der Waals surface area (Å²) in [6, 6.07) is 19.3. The SMILES string of the molecule is Nc1cc(COc2cccc(-c3cnc4ccccc4n3)c2)ccn1. The highest BCUT2D eigenvalue weighted by atomic mass is 16.5. The number of anilines is 1. The Kier molecular flexibility index (Phi) is 3.96. The van der Waals surface area contributed by atoms with Crippen molar-refractivity contribution in [3.63, 3.8) is 0 Å². The van der Waals surface area contributed by atoms with Gasteiger partial charge in [0.15, 0.2) is 0 Å². The first kappa shape index (κ1) is 15.1. The number of pyridine rings is 1. The van der Waals surface area contributed by atoms with E-state index in [4.69, 9.17) is 10.5 Å². The number of aromatic nitrogens is 3. The molecule has 5 nitrogen and oxygen atoms in total. The number of ether oxygens (including phenoxy) is 1. The lowest BCUT2D eigenvalue weighted by Crippen LogP contribution is -1.98. The Morgan fingerprint density at radius 2 is 1.76 bits per heavy atom. The fourth-order valence-corrected chi connectivity index (χ4v) is 2.59. The number of rotatable bonds is 4.